The molecule has 0 aliphatic heterocycles. The number of carbonyl (C=O) groups is 1. The predicted molar refractivity (Wildman–Crippen MR) is 138 cm³/mol. The zero-order valence-corrected chi connectivity index (χ0v) is 22.3. The number of halogens is 1. The summed E-state index contributed by atoms with van der Waals surface area (Å²) in [6.07, 6.45) is 2.16. The highest BCUT2D eigenvalue weighted by molar-refractivity contribution is 9.10. The van der Waals surface area contributed by atoms with Gasteiger partial charge in [0.15, 0.2) is 11.4 Å². The van der Waals surface area contributed by atoms with E-state index >= 15 is 0 Å². The maximum Gasteiger partial charge on any atom is 0.305 e. The summed E-state index contributed by atoms with van der Waals surface area (Å²) in [6.45, 7) is 10.4. The van der Waals surface area contributed by atoms with E-state index in [0.717, 1.165) is 45.2 Å². The van der Waals surface area contributed by atoms with E-state index in [1.165, 1.54) is 11.1 Å². The van der Waals surface area contributed by atoms with Gasteiger partial charge in [-0.2, -0.15) is 5.10 Å². The van der Waals surface area contributed by atoms with E-state index in [-0.39, 0.29) is 17.1 Å². The lowest BCUT2D eigenvalue weighted by Crippen LogP contribution is -2.29. The van der Waals surface area contributed by atoms with Gasteiger partial charge in [0.2, 0.25) is 0 Å². The Morgan fingerprint density at radius 1 is 1.20 bits per heavy atom. The molecule has 8 nitrogen and oxygen atoms in total. The molecule has 35 heavy (non-hydrogen) atoms. The van der Waals surface area contributed by atoms with E-state index in [1.807, 2.05) is 33.9 Å². The maximum absolute atomic E-state index is 12.7. The monoisotopic (exact) mass is 537 g/mol. The number of benzene rings is 1. The molecule has 0 saturated carbocycles. The van der Waals surface area contributed by atoms with Gasteiger partial charge in [0.1, 0.15) is 11.6 Å². The lowest BCUT2D eigenvalue weighted by Gasteiger charge is -2.22. The number of hydrogen-bond acceptors (Lipinski definition) is 6. The number of nitrogens with zero attached hydrogens (tertiary/aromatic N) is 3. The molecule has 3 aromatic heterocycles. The van der Waals surface area contributed by atoms with Gasteiger partial charge < -0.3 is 9.15 Å². The third kappa shape index (κ3) is 4.07. The van der Waals surface area contributed by atoms with Crippen molar-refractivity contribution in [2.45, 2.75) is 52.9 Å². The van der Waals surface area contributed by atoms with Crippen molar-refractivity contribution in [3.63, 3.8) is 0 Å². The highest BCUT2D eigenvalue weighted by Gasteiger charge is 2.34. The number of rotatable bonds is 5. The van der Waals surface area contributed by atoms with E-state index in [0.29, 0.717) is 11.6 Å². The van der Waals surface area contributed by atoms with Crippen molar-refractivity contribution in [3.8, 4) is 11.7 Å². The number of pyridine rings is 1. The predicted octanol–water partition coefficient (Wildman–Crippen LogP) is 6.02. The summed E-state index contributed by atoms with van der Waals surface area (Å²) >= 11 is 3.76. The van der Waals surface area contributed by atoms with Crippen LogP contribution in [0.15, 0.2) is 33.2 Å². The number of amides is 1. The van der Waals surface area contributed by atoms with Crippen LogP contribution in [-0.4, -0.2) is 20.7 Å². The number of nitrogens with one attached hydrogen (secondary N) is 2. The summed E-state index contributed by atoms with van der Waals surface area (Å²) in [5, 5.41) is 5.43. The SMILES string of the molecule is Cc1cc2c(c(Br)c1Oc1ccc(C(=O)NNc3cc(C)c4c(C)nn(C)c4n3)o1)C(C)(C)CC2. The van der Waals surface area contributed by atoms with Crippen LogP contribution in [0.5, 0.6) is 11.7 Å². The Labute approximate surface area is 212 Å². The van der Waals surface area contributed by atoms with Gasteiger partial charge in [0.05, 0.1) is 10.2 Å². The number of aromatic nitrogens is 3. The van der Waals surface area contributed by atoms with Crippen LogP contribution < -0.4 is 15.6 Å². The molecule has 4 aromatic rings. The second kappa shape index (κ2) is 8.41. The van der Waals surface area contributed by atoms with E-state index in [1.54, 1.807) is 16.8 Å². The number of hydrogen-bond donors (Lipinski definition) is 2. The van der Waals surface area contributed by atoms with E-state index < -0.39 is 5.91 Å². The Balaban J connectivity index is 1.31. The summed E-state index contributed by atoms with van der Waals surface area (Å²) in [7, 11) is 1.84. The number of carbonyl (C=O) groups excluding carboxylic acids is 1. The molecule has 3 heterocycles. The Bertz CT molecular complexity index is 1480. The summed E-state index contributed by atoms with van der Waals surface area (Å²) in [5.41, 5.74) is 11.9. The molecule has 0 unspecified atom stereocenters. The third-order valence-electron chi connectivity index (χ3n) is 6.66. The molecule has 1 amide bonds. The van der Waals surface area contributed by atoms with Crippen molar-refractivity contribution in [3.05, 3.63) is 62.4 Å². The minimum absolute atomic E-state index is 0.0728. The van der Waals surface area contributed by atoms with E-state index in [2.05, 4.69) is 56.8 Å². The average molecular weight is 538 g/mol. The molecule has 182 valence electrons. The van der Waals surface area contributed by atoms with Crippen molar-refractivity contribution in [1.29, 1.82) is 0 Å². The number of ether oxygens (including phenoxy) is 1. The average Bonchev–Trinajstić information content (AvgIpc) is 3.45. The van der Waals surface area contributed by atoms with Crippen LogP contribution in [0.3, 0.4) is 0 Å². The van der Waals surface area contributed by atoms with Crippen molar-refractivity contribution in [2.24, 2.45) is 7.05 Å². The van der Waals surface area contributed by atoms with Crippen LogP contribution in [0.25, 0.3) is 11.0 Å². The first kappa shape index (κ1) is 23.4. The van der Waals surface area contributed by atoms with Crippen molar-refractivity contribution >= 4 is 38.7 Å². The summed E-state index contributed by atoms with van der Waals surface area (Å²) in [6, 6.07) is 7.27. The number of fused-ring (bicyclic) bond motifs is 2. The molecule has 5 rings (SSSR count). The second-order valence-corrected chi connectivity index (χ2v) is 10.6. The summed E-state index contributed by atoms with van der Waals surface area (Å²) in [4.78, 5) is 17.3. The topological polar surface area (TPSA) is 94.2 Å². The minimum Gasteiger partial charge on any atom is -0.424 e. The molecular formula is C26H28BrN5O3. The van der Waals surface area contributed by atoms with Crippen LogP contribution >= 0.6 is 15.9 Å². The Morgan fingerprint density at radius 2 is 1.97 bits per heavy atom. The van der Waals surface area contributed by atoms with Crippen molar-refractivity contribution in [1.82, 2.24) is 20.2 Å². The van der Waals surface area contributed by atoms with E-state index in [4.69, 9.17) is 9.15 Å². The number of hydrazine groups is 1. The van der Waals surface area contributed by atoms with Crippen molar-refractivity contribution in [2.75, 3.05) is 5.43 Å². The first-order valence-electron chi connectivity index (χ1n) is 11.5. The smallest absolute Gasteiger partial charge is 0.305 e. The molecule has 0 atom stereocenters. The fourth-order valence-electron chi connectivity index (χ4n) is 4.96. The quantitative estimate of drug-likeness (QED) is 0.302. The minimum atomic E-state index is -0.438. The van der Waals surface area contributed by atoms with Crippen LogP contribution in [0.1, 0.15) is 58.8 Å². The third-order valence-corrected chi connectivity index (χ3v) is 7.42. The molecule has 0 spiro atoms. The standard InChI is InChI=1S/C26H28BrN5O3/c1-13-12-18(28-24-20(13)15(3)31-32(24)6)29-30-25(33)17-7-8-19(34-17)35-23-14(2)11-16-9-10-26(4,5)21(16)22(23)27/h7-8,11-12H,9-10H2,1-6H3,(H,28,29)(H,30,33). The summed E-state index contributed by atoms with van der Waals surface area (Å²) < 4.78 is 14.5. The Kier molecular flexibility index (Phi) is 5.62. The van der Waals surface area contributed by atoms with Crippen LogP contribution in [0.2, 0.25) is 0 Å². The first-order chi connectivity index (χ1) is 16.5. The largest absolute Gasteiger partial charge is 0.424 e. The molecular weight excluding hydrogens is 510 g/mol. The van der Waals surface area contributed by atoms with Gasteiger partial charge in [0.25, 0.3) is 5.95 Å². The van der Waals surface area contributed by atoms with Gasteiger partial charge in [-0.1, -0.05) is 19.9 Å². The lowest BCUT2D eigenvalue weighted by atomic mass is 9.86. The summed E-state index contributed by atoms with van der Waals surface area (Å²) in [5.74, 6) is 1.14. The second-order valence-electron chi connectivity index (χ2n) is 9.79. The zero-order chi connectivity index (χ0) is 25.1. The molecule has 1 aliphatic rings. The zero-order valence-electron chi connectivity index (χ0n) is 20.7. The van der Waals surface area contributed by atoms with E-state index in [9.17, 15) is 4.79 Å². The first-order valence-corrected chi connectivity index (χ1v) is 12.3. The molecule has 0 radical (unpaired) electrons. The molecule has 1 aliphatic carbocycles. The van der Waals surface area contributed by atoms with Crippen molar-refractivity contribution < 1.29 is 13.9 Å². The normalized spacial score (nSPS) is 14.3. The molecule has 2 N–H and O–H groups in total. The molecule has 0 bridgehead atoms. The fraction of sp³-hybridized carbons (Fsp3) is 0.346. The van der Waals surface area contributed by atoms with Crippen LogP contribution in [-0.2, 0) is 18.9 Å². The number of furan rings is 1. The fourth-order valence-corrected chi connectivity index (χ4v) is 6.14. The Morgan fingerprint density at radius 3 is 2.74 bits per heavy atom. The molecule has 0 fully saturated rings. The van der Waals surface area contributed by atoms with Gasteiger partial charge in [0, 0.05) is 18.5 Å². The lowest BCUT2D eigenvalue weighted by molar-refractivity contribution is 0.0930. The van der Waals surface area contributed by atoms with Crippen LogP contribution in [0.4, 0.5) is 5.82 Å². The molecule has 1 aromatic carbocycles. The number of anilines is 1. The van der Waals surface area contributed by atoms with Gasteiger partial charge in [-0.3, -0.25) is 20.3 Å². The molecule has 9 heteroatoms. The van der Waals surface area contributed by atoms with Gasteiger partial charge in [-0.05, 0) is 89.3 Å². The van der Waals surface area contributed by atoms with Gasteiger partial charge in [-0.15, -0.1) is 0 Å². The van der Waals surface area contributed by atoms with Gasteiger partial charge >= 0.3 is 5.91 Å². The highest BCUT2D eigenvalue weighted by Crippen LogP contribution is 2.48. The highest BCUT2D eigenvalue weighted by atomic mass is 79.9. The van der Waals surface area contributed by atoms with Crippen LogP contribution in [0, 0.1) is 20.8 Å². The number of aryl methyl sites for hydroxylation is 5. The van der Waals surface area contributed by atoms with Gasteiger partial charge in [-0.25, -0.2) is 4.98 Å². The molecule has 0 saturated heterocycles. The maximum atomic E-state index is 12.7. The Hall–Kier alpha value is -3.33.